The molecule has 1 rings (SSSR count). The van der Waals surface area contributed by atoms with Crippen LogP contribution in [0, 0.1) is 0 Å². The second-order valence-electron chi connectivity index (χ2n) is 7.41. The molecule has 1 heterocycles. The van der Waals surface area contributed by atoms with Crippen molar-refractivity contribution in [1.82, 2.24) is 10.2 Å². The van der Waals surface area contributed by atoms with Gasteiger partial charge < -0.3 is 5.32 Å². The first kappa shape index (κ1) is 19.0. The Morgan fingerprint density at radius 3 is 2.14 bits per heavy atom. The first-order valence-corrected chi connectivity index (χ1v) is 9.61. The van der Waals surface area contributed by atoms with Gasteiger partial charge in [0.25, 0.3) is 0 Å². The highest BCUT2D eigenvalue weighted by molar-refractivity contribution is 4.94. The molecule has 1 atom stereocenters. The van der Waals surface area contributed by atoms with E-state index in [9.17, 15) is 0 Å². The lowest BCUT2D eigenvalue weighted by Gasteiger charge is -2.44. The zero-order valence-electron chi connectivity index (χ0n) is 15.2. The molecule has 21 heavy (non-hydrogen) atoms. The molecule has 1 saturated heterocycles. The summed E-state index contributed by atoms with van der Waals surface area (Å²) in [6.07, 6.45) is 13.7. The molecule has 0 amide bonds. The van der Waals surface area contributed by atoms with E-state index in [1.165, 1.54) is 77.3 Å². The number of nitrogens with zero attached hydrogens (tertiary/aromatic N) is 1. The summed E-state index contributed by atoms with van der Waals surface area (Å²) in [5, 5.41) is 3.86. The topological polar surface area (TPSA) is 15.3 Å². The number of hydrogen-bond donors (Lipinski definition) is 1. The fourth-order valence-electron chi connectivity index (χ4n) is 3.67. The first-order valence-electron chi connectivity index (χ1n) is 9.61. The molecule has 1 fully saturated rings. The standard InChI is InChI=1S/C19H40N2/c1-5-7-8-11-14-18(20-15-6-2)19(3,4)21-16-12-9-10-13-17-21/h18,20H,5-17H2,1-4H3. The Hall–Kier alpha value is -0.0800. The Labute approximate surface area is 134 Å². The number of hydrogen-bond acceptors (Lipinski definition) is 2. The SMILES string of the molecule is CCCCCCC(NCCC)C(C)(C)N1CCCCCC1. The van der Waals surface area contributed by atoms with E-state index in [-0.39, 0.29) is 0 Å². The second-order valence-corrected chi connectivity index (χ2v) is 7.41. The van der Waals surface area contributed by atoms with Crippen LogP contribution in [0.4, 0.5) is 0 Å². The van der Waals surface area contributed by atoms with Crippen LogP contribution in [-0.4, -0.2) is 36.1 Å². The van der Waals surface area contributed by atoms with Gasteiger partial charge in [-0.3, -0.25) is 4.90 Å². The smallest absolute Gasteiger partial charge is 0.0306 e. The fourth-order valence-corrected chi connectivity index (χ4v) is 3.67. The third-order valence-corrected chi connectivity index (χ3v) is 5.26. The van der Waals surface area contributed by atoms with Crippen molar-refractivity contribution in [2.75, 3.05) is 19.6 Å². The van der Waals surface area contributed by atoms with Gasteiger partial charge in [-0.2, -0.15) is 0 Å². The molecule has 1 N–H and O–H groups in total. The molecule has 0 aromatic carbocycles. The summed E-state index contributed by atoms with van der Waals surface area (Å²) in [5.74, 6) is 0. The van der Waals surface area contributed by atoms with E-state index < -0.39 is 0 Å². The quantitative estimate of drug-likeness (QED) is 0.572. The maximum atomic E-state index is 3.86. The van der Waals surface area contributed by atoms with Crippen molar-refractivity contribution in [3.63, 3.8) is 0 Å². The average Bonchev–Trinajstić information content (AvgIpc) is 2.76. The van der Waals surface area contributed by atoms with Crippen LogP contribution in [0.3, 0.4) is 0 Å². The van der Waals surface area contributed by atoms with Gasteiger partial charge in [-0.25, -0.2) is 0 Å². The van der Waals surface area contributed by atoms with Gasteiger partial charge in [0.1, 0.15) is 0 Å². The van der Waals surface area contributed by atoms with Crippen molar-refractivity contribution in [1.29, 1.82) is 0 Å². The fraction of sp³-hybridized carbons (Fsp3) is 1.00. The maximum absolute atomic E-state index is 3.86. The van der Waals surface area contributed by atoms with E-state index in [1.807, 2.05) is 0 Å². The van der Waals surface area contributed by atoms with Crippen LogP contribution < -0.4 is 5.32 Å². The first-order chi connectivity index (χ1) is 10.1. The van der Waals surface area contributed by atoms with E-state index >= 15 is 0 Å². The van der Waals surface area contributed by atoms with Gasteiger partial charge in [0.15, 0.2) is 0 Å². The minimum atomic E-state index is 0.297. The molecule has 0 aromatic rings. The summed E-state index contributed by atoms with van der Waals surface area (Å²) in [6, 6.07) is 0.646. The lowest BCUT2D eigenvalue weighted by Crippen LogP contribution is -2.58. The Morgan fingerprint density at radius 1 is 0.905 bits per heavy atom. The predicted octanol–water partition coefficient (Wildman–Crippen LogP) is 4.98. The third kappa shape index (κ3) is 6.69. The highest BCUT2D eigenvalue weighted by Crippen LogP contribution is 2.26. The Bertz CT molecular complexity index is 242. The van der Waals surface area contributed by atoms with E-state index in [4.69, 9.17) is 0 Å². The van der Waals surface area contributed by atoms with Crippen molar-refractivity contribution in [3.8, 4) is 0 Å². The van der Waals surface area contributed by atoms with Crippen molar-refractivity contribution in [2.45, 2.75) is 103 Å². The second kappa shape index (κ2) is 10.6. The van der Waals surface area contributed by atoms with Crippen LogP contribution in [0.1, 0.15) is 91.9 Å². The Balaban J connectivity index is 2.58. The molecule has 1 aliphatic heterocycles. The molecule has 0 aromatic heterocycles. The van der Waals surface area contributed by atoms with Crippen LogP contribution in [0.25, 0.3) is 0 Å². The molecular formula is C19H40N2. The van der Waals surface area contributed by atoms with Gasteiger partial charge in [0.05, 0.1) is 0 Å². The number of nitrogens with one attached hydrogen (secondary N) is 1. The maximum Gasteiger partial charge on any atom is 0.0306 e. The van der Waals surface area contributed by atoms with Gasteiger partial charge in [-0.1, -0.05) is 52.4 Å². The van der Waals surface area contributed by atoms with Crippen molar-refractivity contribution >= 4 is 0 Å². The van der Waals surface area contributed by atoms with E-state index in [0.29, 0.717) is 11.6 Å². The molecule has 2 heteroatoms. The van der Waals surface area contributed by atoms with Crippen LogP contribution in [-0.2, 0) is 0 Å². The Kier molecular flexibility index (Phi) is 9.59. The van der Waals surface area contributed by atoms with Crippen molar-refractivity contribution in [3.05, 3.63) is 0 Å². The average molecular weight is 297 g/mol. The van der Waals surface area contributed by atoms with Gasteiger partial charge in [-0.15, -0.1) is 0 Å². The largest absolute Gasteiger partial charge is 0.312 e. The molecule has 1 aliphatic rings. The number of unbranched alkanes of at least 4 members (excludes halogenated alkanes) is 3. The highest BCUT2D eigenvalue weighted by atomic mass is 15.2. The van der Waals surface area contributed by atoms with E-state index in [1.54, 1.807) is 0 Å². The summed E-state index contributed by atoms with van der Waals surface area (Å²) in [6.45, 7) is 13.3. The minimum absolute atomic E-state index is 0.297. The third-order valence-electron chi connectivity index (χ3n) is 5.26. The molecule has 1 unspecified atom stereocenters. The molecule has 0 bridgehead atoms. The molecule has 0 radical (unpaired) electrons. The number of likely N-dealkylation sites (tertiary alicyclic amines) is 1. The Morgan fingerprint density at radius 2 is 1.57 bits per heavy atom. The zero-order chi connectivity index (χ0) is 15.6. The lowest BCUT2D eigenvalue weighted by atomic mass is 9.87. The van der Waals surface area contributed by atoms with Gasteiger partial charge in [0, 0.05) is 11.6 Å². The summed E-state index contributed by atoms with van der Waals surface area (Å²) < 4.78 is 0. The van der Waals surface area contributed by atoms with Gasteiger partial charge >= 0.3 is 0 Å². The van der Waals surface area contributed by atoms with E-state index in [0.717, 1.165) is 6.54 Å². The lowest BCUT2D eigenvalue weighted by molar-refractivity contribution is 0.0789. The van der Waals surface area contributed by atoms with Gasteiger partial charge in [-0.05, 0) is 59.2 Å². The summed E-state index contributed by atoms with van der Waals surface area (Å²) >= 11 is 0. The monoisotopic (exact) mass is 296 g/mol. The highest BCUT2D eigenvalue weighted by Gasteiger charge is 2.34. The molecule has 2 nitrogen and oxygen atoms in total. The van der Waals surface area contributed by atoms with Crippen LogP contribution in [0.15, 0.2) is 0 Å². The molecule has 0 saturated carbocycles. The summed E-state index contributed by atoms with van der Waals surface area (Å²) in [4.78, 5) is 2.77. The van der Waals surface area contributed by atoms with Crippen LogP contribution in [0.5, 0.6) is 0 Å². The van der Waals surface area contributed by atoms with Crippen LogP contribution >= 0.6 is 0 Å². The zero-order valence-corrected chi connectivity index (χ0v) is 15.2. The summed E-state index contributed by atoms with van der Waals surface area (Å²) in [5.41, 5.74) is 0.297. The predicted molar refractivity (Wildman–Crippen MR) is 95.0 cm³/mol. The van der Waals surface area contributed by atoms with Gasteiger partial charge in [0.2, 0.25) is 0 Å². The summed E-state index contributed by atoms with van der Waals surface area (Å²) in [7, 11) is 0. The normalized spacial score (nSPS) is 19.4. The molecular weight excluding hydrogens is 256 g/mol. The molecule has 126 valence electrons. The van der Waals surface area contributed by atoms with Crippen LogP contribution in [0.2, 0.25) is 0 Å². The van der Waals surface area contributed by atoms with Crippen molar-refractivity contribution < 1.29 is 0 Å². The van der Waals surface area contributed by atoms with E-state index in [2.05, 4.69) is 37.9 Å². The molecule has 0 aliphatic carbocycles. The molecule has 0 spiro atoms. The van der Waals surface area contributed by atoms with Crippen molar-refractivity contribution in [2.24, 2.45) is 0 Å². The minimum Gasteiger partial charge on any atom is -0.312 e. The number of rotatable bonds is 10.